The number of ether oxygens (including phenoxy) is 3. The van der Waals surface area contributed by atoms with Crippen molar-refractivity contribution in [2.75, 3.05) is 38.8 Å². The van der Waals surface area contributed by atoms with E-state index in [0.717, 1.165) is 56.1 Å². The van der Waals surface area contributed by atoms with Gasteiger partial charge in [-0.2, -0.15) is 0 Å². The van der Waals surface area contributed by atoms with Gasteiger partial charge in [0.05, 0.1) is 26.5 Å². The normalized spacial score (nSPS) is 10.3. The Morgan fingerprint density at radius 2 is 1.96 bits per heavy atom. The molecule has 1 aromatic carbocycles. The molecule has 0 N–H and O–H groups in total. The quantitative estimate of drug-likeness (QED) is 0.459. The van der Waals surface area contributed by atoms with Gasteiger partial charge in [0.25, 0.3) is 0 Å². The second-order valence-electron chi connectivity index (χ2n) is 5.30. The fourth-order valence-electron chi connectivity index (χ4n) is 2.31. The molecule has 1 rings (SSSR count). The fourth-order valence-corrected chi connectivity index (χ4v) is 2.31. The largest absolute Gasteiger partial charge is 0.495 e. The summed E-state index contributed by atoms with van der Waals surface area (Å²) >= 11 is 0. The predicted octanol–water partition coefficient (Wildman–Crippen LogP) is 3.65. The number of esters is 1. The molecule has 1 aromatic rings. The van der Waals surface area contributed by atoms with E-state index in [1.54, 1.807) is 7.11 Å². The number of methoxy groups -OCH3 is 2. The number of carbonyl (C=O) groups excluding carboxylic acids is 1. The lowest BCUT2D eigenvalue weighted by Crippen LogP contribution is -2.25. The Labute approximate surface area is 139 Å². The maximum atomic E-state index is 11.3. The van der Waals surface area contributed by atoms with Crippen LogP contribution in [0.5, 0.6) is 11.5 Å². The smallest absolute Gasteiger partial charge is 0.305 e. The van der Waals surface area contributed by atoms with Crippen LogP contribution in [0.4, 0.5) is 5.69 Å². The van der Waals surface area contributed by atoms with Crippen molar-refractivity contribution in [2.45, 2.75) is 39.5 Å². The first-order valence-electron chi connectivity index (χ1n) is 8.28. The van der Waals surface area contributed by atoms with Crippen molar-refractivity contribution in [3.05, 3.63) is 18.2 Å². The Hall–Kier alpha value is -1.91. The lowest BCUT2D eigenvalue weighted by Gasteiger charge is -2.25. The standard InChI is InChI=1S/C18H29NO4/c1-5-7-13-23-15-10-11-17(21-3)16(14-15)19(6-2)12-8-9-18(20)22-4/h10-11,14H,5-9,12-13H2,1-4H3. The zero-order valence-electron chi connectivity index (χ0n) is 14.8. The van der Waals surface area contributed by atoms with Crippen LogP contribution < -0.4 is 14.4 Å². The van der Waals surface area contributed by atoms with E-state index in [1.165, 1.54) is 7.11 Å². The molecule has 5 nitrogen and oxygen atoms in total. The Morgan fingerprint density at radius 1 is 1.17 bits per heavy atom. The van der Waals surface area contributed by atoms with Gasteiger partial charge in [0, 0.05) is 25.6 Å². The van der Waals surface area contributed by atoms with Crippen LogP contribution in [0, 0.1) is 0 Å². The molecular formula is C18H29NO4. The molecular weight excluding hydrogens is 294 g/mol. The van der Waals surface area contributed by atoms with Crippen molar-refractivity contribution in [2.24, 2.45) is 0 Å². The van der Waals surface area contributed by atoms with E-state index in [0.29, 0.717) is 6.42 Å². The first-order valence-corrected chi connectivity index (χ1v) is 8.28. The number of hydrogen-bond donors (Lipinski definition) is 0. The van der Waals surface area contributed by atoms with Gasteiger partial charge in [-0.15, -0.1) is 0 Å². The first kappa shape index (κ1) is 19.1. The lowest BCUT2D eigenvalue weighted by atomic mass is 10.2. The summed E-state index contributed by atoms with van der Waals surface area (Å²) in [6, 6.07) is 5.87. The maximum Gasteiger partial charge on any atom is 0.305 e. The fraction of sp³-hybridized carbons (Fsp3) is 0.611. The molecule has 0 aromatic heterocycles. The molecule has 5 heteroatoms. The van der Waals surface area contributed by atoms with Gasteiger partial charge < -0.3 is 19.1 Å². The van der Waals surface area contributed by atoms with E-state index in [9.17, 15) is 4.79 Å². The summed E-state index contributed by atoms with van der Waals surface area (Å²) in [4.78, 5) is 13.4. The summed E-state index contributed by atoms with van der Waals surface area (Å²) in [5.41, 5.74) is 0.994. The molecule has 0 aliphatic carbocycles. The van der Waals surface area contributed by atoms with Gasteiger partial charge in [0.1, 0.15) is 11.5 Å². The lowest BCUT2D eigenvalue weighted by molar-refractivity contribution is -0.140. The van der Waals surface area contributed by atoms with Crippen molar-refractivity contribution in [3.63, 3.8) is 0 Å². The van der Waals surface area contributed by atoms with Crippen molar-refractivity contribution >= 4 is 11.7 Å². The molecule has 0 aliphatic heterocycles. The van der Waals surface area contributed by atoms with E-state index in [2.05, 4.69) is 23.5 Å². The van der Waals surface area contributed by atoms with Gasteiger partial charge in [-0.25, -0.2) is 0 Å². The van der Waals surface area contributed by atoms with Crippen molar-refractivity contribution in [1.82, 2.24) is 0 Å². The third-order valence-corrected chi connectivity index (χ3v) is 3.68. The van der Waals surface area contributed by atoms with Gasteiger partial charge in [0.2, 0.25) is 0 Å². The molecule has 0 atom stereocenters. The molecule has 0 heterocycles. The Kier molecular flexibility index (Phi) is 8.95. The summed E-state index contributed by atoms with van der Waals surface area (Å²) in [5.74, 6) is 1.48. The number of benzene rings is 1. The van der Waals surface area contributed by atoms with Gasteiger partial charge in [-0.3, -0.25) is 4.79 Å². The van der Waals surface area contributed by atoms with Gasteiger partial charge in [-0.1, -0.05) is 13.3 Å². The van der Waals surface area contributed by atoms with E-state index < -0.39 is 0 Å². The van der Waals surface area contributed by atoms with E-state index in [4.69, 9.17) is 9.47 Å². The minimum atomic E-state index is -0.176. The molecule has 0 unspecified atom stereocenters. The Bertz CT molecular complexity index is 476. The average molecular weight is 323 g/mol. The van der Waals surface area contributed by atoms with Crippen LogP contribution in [0.3, 0.4) is 0 Å². The topological polar surface area (TPSA) is 48.0 Å². The van der Waals surface area contributed by atoms with Crippen LogP contribution in [0.15, 0.2) is 18.2 Å². The summed E-state index contributed by atoms with van der Waals surface area (Å²) in [6.07, 6.45) is 3.31. The van der Waals surface area contributed by atoms with Crippen LogP contribution in [-0.4, -0.2) is 39.9 Å². The number of rotatable bonds is 11. The molecule has 0 spiro atoms. The molecule has 23 heavy (non-hydrogen) atoms. The summed E-state index contributed by atoms with van der Waals surface area (Å²) in [5, 5.41) is 0. The predicted molar refractivity (Wildman–Crippen MR) is 92.5 cm³/mol. The third kappa shape index (κ3) is 6.38. The zero-order chi connectivity index (χ0) is 17.1. The van der Waals surface area contributed by atoms with Crippen LogP contribution in [-0.2, 0) is 9.53 Å². The van der Waals surface area contributed by atoms with Gasteiger partial charge in [0.15, 0.2) is 0 Å². The Morgan fingerprint density at radius 3 is 2.57 bits per heavy atom. The van der Waals surface area contributed by atoms with Crippen molar-refractivity contribution in [3.8, 4) is 11.5 Å². The molecule has 130 valence electrons. The number of nitrogens with zero attached hydrogens (tertiary/aromatic N) is 1. The van der Waals surface area contributed by atoms with Gasteiger partial charge >= 0.3 is 5.97 Å². The second kappa shape index (κ2) is 10.8. The molecule has 0 saturated carbocycles. The van der Waals surface area contributed by atoms with Gasteiger partial charge in [-0.05, 0) is 31.9 Å². The number of carbonyl (C=O) groups is 1. The van der Waals surface area contributed by atoms with E-state index >= 15 is 0 Å². The van der Waals surface area contributed by atoms with Crippen molar-refractivity contribution in [1.29, 1.82) is 0 Å². The summed E-state index contributed by atoms with van der Waals surface area (Å²) in [6.45, 7) is 6.54. The maximum absolute atomic E-state index is 11.3. The molecule has 0 bridgehead atoms. The van der Waals surface area contributed by atoms with Crippen LogP contribution in [0.25, 0.3) is 0 Å². The SMILES string of the molecule is CCCCOc1ccc(OC)c(N(CC)CCCC(=O)OC)c1. The van der Waals surface area contributed by atoms with E-state index in [1.807, 2.05) is 18.2 Å². The summed E-state index contributed by atoms with van der Waals surface area (Å²) in [7, 11) is 3.08. The molecule has 0 saturated heterocycles. The molecule has 0 amide bonds. The monoisotopic (exact) mass is 323 g/mol. The third-order valence-electron chi connectivity index (χ3n) is 3.68. The minimum absolute atomic E-state index is 0.176. The molecule has 0 radical (unpaired) electrons. The molecule has 0 aliphatic rings. The zero-order valence-corrected chi connectivity index (χ0v) is 14.8. The highest BCUT2D eigenvalue weighted by Gasteiger charge is 2.13. The minimum Gasteiger partial charge on any atom is -0.495 e. The highest BCUT2D eigenvalue weighted by Crippen LogP contribution is 2.32. The summed E-state index contributed by atoms with van der Waals surface area (Å²) < 4.78 is 15.9. The van der Waals surface area contributed by atoms with Crippen LogP contribution >= 0.6 is 0 Å². The van der Waals surface area contributed by atoms with Crippen LogP contribution in [0.1, 0.15) is 39.5 Å². The van der Waals surface area contributed by atoms with Crippen LogP contribution in [0.2, 0.25) is 0 Å². The van der Waals surface area contributed by atoms with E-state index in [-0.39, 0.29) is 5.97 Å². The Balaban J connectivity index is 2.78. The molecule has 0 fully saturated rings. The van der Waals surface area contributed by atoms with Crippen molar-refractivity contribution < 1.29 is 19.0 Å². The number of unbranched alkanes of at least 4 members (excludes halogenated alkanes) is 1. The number of anilines is 1. The average Bonchev–Trinajstić information content (AvgIpc) is 2.58. The number of hydrogen-bond acceptors (Lipinski definition) is 5. The highest BCUT2D eigenvalue weighted by molar-refractivity contribution is 5.69. The second-order valence-corrected chi connectivity index (χ2v) is 5.30. The first-order chi connectivity index (χ1) is 11.2. The highest BCUT2D eigenvalue weighted by atomic mass is 16.5.